The van der Waals surface area contributed by atoms with E-state index in [4.69, 9.17) is 0 Å². The molecule has 0 amide bonds. The maximum Gasteiger partial charge on any atom is 0.128 e. The predicted molar refractivity (Wildman–Crippen MR) is 79.2 cm³/mol. The van der Waals surface area contributed by atoms with Gasteiger partial charge in [0.1, 0.15) is 17.4 Å². The number of halogens is 2. The monoisotopic (exact) mass is 291 g/mol. The van der Waals surface area contributed by atoms with Gasteiger partial charge < -0.3 is 10.4 Å². The van der Waals surface area contributed by atoms with Crippen LogP contribution in [0.3, 0.4) is 0 Å². The lowest BCUT2D eigenvalue weighted by atomic mass is 9.98. The van der Waals surface area contributed by atoms with Gasteiger partial charge in [-0.3, -0.25) is 0 Å². The zero-order valence-corrected chi connectivity index (χ0v) is 11.9. The maximum atomic E-state index is 14.0. The Morgan fingerprint density at radius 3 is 2.67 bits per heavy atom. The lowest BCUT2D eigenvalue weighted by Crippen LogP contribution is -2.25. The molecule has 0 heterocycles. The summed E-state index contributed by atoms with van der Waals surface area (Å²) in [7, 11) is 0. The fourth-order valence-corrected chi connectivity index (χ4v) is 2.31. The molecule has 0 radical (unpaired) electrons. The molecule has 2 aromatic rings. The summed E-state index contributed by atoms with van der Waals surface area (Å²) >= 11 is 0. The first-order valence-corrected chi connectivity index (χ1v) is 7.06. The Bertz CT molecular complexity index is 601. The van der Waals surface area contributed by atoms with Crippen LogP contribution >= 0.6 is 0 Å². The van der Waals surface area contributed by atoms with Crippen LogP contribution in [0.2, 0.25) is 0 Å². The van der Waals surface area contributed by atoms with E-state index in [2.05, 4.69) is 5.32 Å². The van der Waals surface area contributed by atoms with Crippen LogP contribution in [0.4, 0.5) is 8.78 Å². The van der Waals surface area contributed by atoms with Gasteiger partial charge in [0.05, 0.1) is 0 Å². The molecule has 2 aromatic carbocycles. The fourth-order valence-electron chi connectivity index (χ4n) is 2.31. The number of hydrogen-bond donors (Lipinski definition) is 2. The van der Waals surface area contributed by atoms with E-state index in [0.29, 0.717) is 18.5 Å². The van der Waals surface area contributed by atoms with E-state index in [1.807, 2.05) is 13.0 Å². The number of aromatic hydroxyl groups is 1. The molecule has 2 N–H and O–H groups in total. The normalized spacial score (nSPS) is 12.3. The largest absolute Gasteiger partial charge is 0.508 e. The molecule has 0 aliphatic heterocycles. The summed E-state index contributed by atoms with van der Waals surface area (Å²) in [5.41, 5.74) is 1.18. The molecule has 0 saturated carbocycles. The molecule has 1 unspecified atom stereocenters. The Hall–Kier alpha value is -1.94. The Balaban J connectivity index is 2.27. The summed E-state index contributed by atoms with van der Waals surface area (Å²) in [4.78, 5) is 0. The smallest absolute Gasteiger partial charge is 0.128 e. The molecular weight excluding hydrogens is 272 g/mol. The highest BCUT2D eigenvalue weighted by molar-refractivity contribution is 5.30. The van der Waals surface area contributed by atoms with Crippen molar-refractivity contribution in [2.75, 3.05) is 6.54 Å². The van der Waals surface area contributed by atoms with Gasteiger partial charge in [-0.05, 0) is 55.3 Å². The van der Waals surface area contributed by atoms with Crippen molar-refractivity contribution in [2.24, 2.45) is 0 Å². The molecule has 1 atom stereocenters. The third-order valence-electron chi connectivity index (χ3n) is 3.32. The van der Waals surface area contributed by atoms with E-state index >= 15 is 0 Å². The highest BCUT2D eigenvalue weighted by Gasteiger charge is 2.17. The van der Waals surface area contributed by atoms with Crippen LogP contribution in [-0.2, 0) is 6.42 Å². The van der Waals surface area contributed by atoms with E-state index in [9.17, 15) is 13.9 Å². The molecule has 0 spiro atoms. The topological polar surface area (TPSA) is 32.3 Å². The van der Waals surface area contributed by atoms with Gasteiger partial charge >= 0.3 is 0 Å². The average molecular weight is 291 g/mol. The molecule has 2 rings (SSSR count). The zero-order chi connectivity index (χ0) is 15.2. The van der Waals surface area contributed by atoms with Gasteiger partial charge in [-0.1, -0.05) is 19.1 Å². The summed E-state index contributed by atoms with van der Waals surface area (Å²) in [5.74, 6) is -0.711. The van der Waals surface area contributed by atoms with Crippen LogP contribution in [0.5, 0.6) is 5.75 Å². The number of benzene rings is 2. The number of rotatable bonds is 6. The van der Waals surface area contributed by atoms with Gasteiger partial charge in [0, 0.05) is 11.6 Å². The third kappa shape index (κ3) is 4.26. The van der Waals surface area contributed by atoms with Gasteiger partial charge in [-0.25, -0.2) is 8.78 Å². The van der Waals surface area contributed by atoms with Crippen LogP contribution < -0.4 is 5.32 Å². The maximum absolute atomic E-state index is 14.0. The highest BCUT2D eigenvalue weighted by Crippen LogP contribution is 2.24. The third-order valence-corrected chi connectivity index (χ3v) is 3.32. The number of nitrogens with one attached hydrogen (secondary N) is 1. The summed E-state index contributed by atoms with van der Waals surface area (Å²) in [5, 5.41) is 12.8. The van der Waals surface area contributed by atoms with Crippen molar-refractivity contribution in [3.8, 4) is 5.75 Å². The second-order valence-corrected chi connectivity index (χ2v) is 5.05. The van der Waals surface area contributed by atoms with E-state index in [0.717, 1.165) is 24.1 Å². The number of phenolic OH excluding ortho intramolecular Hbond substituents is 1. The first-order valence-electron chi connectivity index (χ1n) is 7.06. The minimum Gasteiger partial charge on any atom is -0.508 e. The second kappa shape index (κ2) is 7.18. The molecule has 4 heteroatoms. The molecule has 0 bridgehead atoms. The van der Waals surface area contributed by atoms with Gasteiger partial charge in [-0.2, -0.15) is 0 Å². The number of hydrogen-bond acceptors (Lipinski definition) is 2. The Kier molecular flexibility index (Phi) is 5.28. The first kappa shape index (κ1) is 15.4. The lowest BCUT2D eigenvalue weighted by molar-refractivity contribution is 0.470. The fraction of sp³-hybridized carbons (Fsp3) is 0.294. The van der Waals surface area contributed by atoms with E-state index in [1.165, 1.54) is 6.07 Å². The Morgan fingerprint density at radius 1 is 1.14 bits per heavy atom. The lowest BCUT2D eigenvalue weighted by Gasteiger charge is -2.20. The van der Waals surface area contributed by atoms with Crippen molar-refractivity contribution in [1.82, 2.24) is 5.32 Å². The van der Waals surface area contributed by atoms with Crippen molar-refractivity contribution in [1.29, 1.82) is 0 Å². The van der Waals surface area contributed by atoms with Crippen molar-refractivity contribution in [3.63, 3.8) is 0 Å². The Labute approximate surface area is 123 Å². The highest BCUT2D eigenvalue weighted by atomic mass is 19.1. The summed E-state index contributed by atoms with van der Waals surface area (Å²) in [6, 6.07) is 9.98. The van der Waals surface area contributed by atoms with Gasteiger partial charge in [-0.15, -0.1) is 0 Å². The summed E-state index contributed by atoms with van der Waals surface area (Å²) in [6.45, 7) is 2.72. The van der Waals surface area contributed by atoms with E-state index in [-0.39, 0.29) is 11.8 Å². The van der Waals surface area contributed by atoms with Crippen molar-refractivity contribution >= 4 is 0 Å². The van der Waals surface area contributed by atoms with Crippen molar-refractivity contribution in [3.05, 3.63) is 65.2 Å². The van der Waals surface area contributed by atoms with Crippen molar-refractivity contribution < 1.29 is 13.9 Å². The summed E-state index contributed by atoms with van der Waals surface area (Å²) < 4.78 is 27.4. The van der Waals surface area contributed by atoms with Crippen LogP contribution in [-0.4, -0.2) is 11.7 Å². The molecule has 0 fully saturated rings. The standard InChI is InChI=1S/C17H19F2NO/c1-2-8-20-17(10-12-4-3-5-14(21)9-12)15-11-13(18)6-7-16(15)19/h3-7,9,11,17,20-21H,2,8,10H2,1H3. The van der Waals surface area contributed by atoms with Gasteiger partial charge in [0.15, 0.2) is 0 Å². The molecule has 0 aliphatic carbocycles. The zero-order valence-electron chi connectivity index (χ0n) is 11.9. The van der Waals surface area contributed by atoms with Crippen LogP contribution in [0.15, 0.2) is 42.5 Å². The van der Waals surface area contributed by atoms with E-state index in [1.54, 1.807) is 18.2 Å². The molecule has 0 aliphatic rings. The minimum absolute atomic E-state index is 0.168. The average Bonchev–Trinajstić information content (AvgIpc) is 2.46. The molecular formula is C17H19F2NO. The Morgan fingerprint density at radius 2 is 1.95 bits per heavy atom. The SMILES string of the molecule is CCCNC(Cc1cccc(O)c1)c1cc(F)ccc1F. The number of phenols is 1. The first-order chi connectivity index (χ1) is 10.1. The van der Waals surface area contributed by atoms with Crippen LogP contribution in [0.1, 0.15) is 30.5 Å². The van der Waals surface area contributed by atoms with Crippen molar-refractivity contribution in [2.45, 2.75) is 25.8 Å². The minimum atomic E-state index is -0.453. The molecule has 21 heavy (non-hydrogen) atoms. The quantitative estimate of drug-likeness (QED) is 0.844. The molecule has 2 nitrogen and oxygen atoms in total. The summed E-state index contributed by atoms with van der Waals surface area (Å²) in [6.07, 6.45) is 1.38. The second-order valence-electron chi connectivity index (χ2n) is 5.05. The molecule has 0 saturated heterocycles. The van der Waals surface area contributed by atoms with Crippen LogP contribution in [0.25, 0.3) is 0 Å². The molecule has 0 aromatic heterocycles. The van der Waals surface area contributed by atoms with Gasteiger partial charge in [0.25, 0.3) is 0 Å². The van der Waals surface area contributed by atoms with Crippen LogP contribution in [0, 0.1) is 11.6 Å². The van der Waals surface area contributed by atoms with Gasteiger partial charge in [0.2, 0.25) is 0 Å². The predicted octanol–water partition coefficient (Wildman–Crippen LogP) is 3.95. The molecule has 112 valence electrons. The van der Waals surface area contributed by atoms with E-state index < -0.39 is 11.6 Å².